The highest BCUT2D eigenvalue weighted by molar-refractivity contribution is 7.88. The van der Waals surface area contributed by atoms with Gasteiger partial charge in [0, 0.05) is 52.9 Å². The van der Waals surface area contributed by atoms with Crippen molar-refractivity contribution in [2.75, 3.05) is 37.1 Å². The number of rotatable bonds is 15. The van der Waals surface area contributed by atoms with Gasteiger partial charge in [-0.2, -0.15) is 4.31 Å². The number of thiophene rings is 1. The molecule has 4 aromatic carbocycles. The number of anilines is 2. The largest absolute Gasteiger partial charge is 0.483 e. The monoisotopic (exact) mass is 881 g/mol. The number of ether oxygens (including phenoxy) is 3. The first-order valence-corrected chi connectivity index (χ1v) is 22.9. The highest BCUT2D eigenvalue weighted by atomic mass is 35.5. The number of sulfonamides is 1. The number of halogens is 1. The minimum absolute atomic E-state index is 0.0126. The maximum Gasteiger partial charge on any atom is 0.256 e. The highest BCUT2D eigenvalue weighted by Gasteiger charge is 2.47. The van der Waals surface area contributed by atoms with Crippen molar-refractivity contribution < 1.29 is 37.0 Å². The van der Waals surface area contributed by atoms with E-state index in [0.29, 0.717) is 70.8 Å². The Balaban J connectivity index is 0.809. The standard InChI is InChI=1S/C45H44ClN5O8S2/c1-45(2)21-29(48-28-7-4-6-27(19-28)43-41(46)42(57-17-16-52)38(23-53)60-43)14-15-51(45)61(55,56)24-26-10-13-36(35(18-26)47-3)58-25-50-22-37-33(20-39(50)59-37)30-11-12-34-40-31(30)8-5-9-32(40)44(54)49-34/h4-13,16,18-19,23,29,33,37,39,48H,3,14-15,17,20-22,24-25H2,1-2H3,(H,49,54). The molecule has 0 radical (unpaired) electrons. The van der Waals surface area contributed by atoms with Crippen LogP contribution in [0, 0.1) is 0 Å². The van der Waals surface area contributed by atoms with Crippen LogP contribution in [0.15, 0.2) is 77.8 Å². The molecule has 9 rings (SSSR count). The van der Waals surface area contributed by atoms with Gasteiger partial charge in [0.05, 0.1) is 16.7 Å². The summed E-state index contributed by atoms with van der Waals surface area (Å²) < 4.78 is 47.7. The Labute approximate surface area is 362 Å². The molecule has 16 heteroatoms. The number of likely N-dealkylation sites (tertiary alicyclic amines) is 1. The summed E-state index contributed by atoms with van der Waals surface area (Å²) in [5.41, 5.74) is 4.72. The van der Waals surface area contributed by atoms with E-state index in [1.807, 2.05) is 56.3 Å². The molecule has 61 heavy (non-hydrogen) atoms. The van der Waals surface area contributed by atoms with Gasteiger partial charge >= 0.3 is 0 Å². The molecule has 4 aliphatic rings. The van der Waals surface area contributed by atoms with Gasteiger partial charge in [0.15, 0.2) is 18.3 Å². The van der Waals surface area contributed by atoms with E-state index in [1.165, 1.54) is 16.9 Å². The number of hydrogen-bond donors (Lipinski definition) is 2. The van der Waals surface area contributed by atoms with Gasteiger partial charge in [0.2, 0.25) is 10.0 Å². The lowest BCUT2D eigenvalue weighted by atomic mass is 9.85. The fourth-order valence-corrected chi connectivity index (χ4v) is 12.8. The van der Waals surface area contributed by atoms with Crippen LogP contribution in [0.3, 0.4) is 0 Å². The number of nitrogens with one attached hydrogen (secondary N) is 2. The van der Waals surface area contributed by atoms with E-state index in [2.05, 4.69) is 39.4 Å². The third kappa shape index (κ3) is 7.72. The molecular weight excluding hydrogens is 838 g/mol. The predicted octanol–water partition coefficient (Wildman–Crippen LogP) is 8.25. The smallest absolute Gasteiger partial charge is 0.256 e. The molecule has 1 aromatic heterocycles. The number of benzene rings is 4. The first-order valence-electron chi connectivity index (χ1n) is 20.1. The number of carbonyl (C=O) groups excluding carboxylic acids is 3. The average Bonchev–Trinajstić information content (AvgIpc) is 4.01. The number of aldehydes is 2. The Morgan fingerprint density at radius 1 is 1.10 bits per heavy atom. The first-order chi connectivity index (χ1) is 29.4. The van der Waals surface area contributed by atoms with Gasteiger partial charge in [0.25, 0.3) is 5.91 Å². The Kier molecular flexibility index (Phi) is 11.0. The molecule has 4 aliphatic heterocycles. The Morgan fingerprint density at radius 3 is 2.69 bits per heavy atom. The van der Waals surface area contributed by atoms with Crippen LogP contribution < -0.4 is 20.1 Å². The lowest BCUT2D eigenvalue weighted by molar-refractivity contribution is -0.109. The lowest BCUT2D eigenvalue weighted by Crippen LogP contribution is -2.55. The van der Waals surface area contributed by atoms with Gasteiger partial charge in [-0.25, -0.2) is 13.3 Å². The number of amides is 1. The number of hydrogen-bond acceptors (Lipinski definition) is 12. The summed E-state index contributed by atoms with van der Waals surface area (Å²) in [6.07, 6.45) is 3.07. The Morgan fingerprint density at radius 2 is 1.93 bits per heavy atom. The zero-order chi connectivity index (χ0) is 42.6. The summed E-state index contributed by atoms with van der Waals surface area (Å²) in [6.45, 7) is 8.71. The van der Waals surface area contributed by atoms with Gasteiger partial charge in [0.1, 0.15) is 40.9 Å². The van der Waals surface area contributed by atoms with E-state index < -0.39 is 15.6 Å². The summed E-state index contributed by atoms with van der Waals surface area (Å²) in [5, 5.41) is 8.88. The van der Waals surface area contributed by atoms with Crippen LogP contribution in [0.25, 0.3) is 21.2 Å². The normalized spacial score (nSPS) is 22.0. The maximum absolute atomic E-state index is 14.0. The number of aliphatic imine (C=N–C) groups is 1. The van der Waals surface area contributed by atoms with Crippen LogP contribution in [-0.2, 0) is 25.3 Å². The molecule has 0 aliphatic carbocycles. The number of nitrogens with zero attached hydrogens (tertiary/aromatic N) is 3. The number of piperidine rings is 2. The topological polar surface area (TPSA) is 156 Å². The van der Waals surface area contributed by atoms with Gasteiger partial charge < -0.3 is 24.8 Å². The molecule has 4 unspecified atom stereocenters. The predicted molar refractivity (Wildman–Crippen MR) is 238 cm³/mol. The minimum atomic E-state index is -3.73. The Hall–Kier alpha value is -5.16. The third-order valence-corrected chi connectivity index (χ3v) is 15.8. The van der Waals surface area contributed by atoms with Crippen molar-refractivity contribution in [2.45, 2.75) is 68.7 Å². The van der Waals surface area contributed by atoms with Gasteiger partial charge in [-0.15, -0.1) is 11.3 Å². The zero-order valence-corrected chi connectivity index (χ0v) is 35.9. The minimum Gasteiger partial charge on any atom is -0.483 e. The van der Waals surface area contributed by atoms with Crippen LogP contribution in [-0.4, -0.2) is 93.2 Å². The second-order valence-electron chi connectivity index (χ2n) is 16.5. The molecule has 4 atom stereocenters. The third-order valence-electron chi connectivity index (χ3n) is 12.1. The molecule has 316 valence electrons. The fourth-order valence-electron chi connectivity index (χ4n) is 9.45. The molecular formula is C45H44ClN5O8S2. The summed E-state index contributed by atoms with van der Waals surface area (Å²) in [4.78, 5) is 42.3. The van der Waals surface area contributed by atoms with E-state index in [9.17, 15) is 22.8 Å². The SMILES string of the molecule is C=Nc1cc(CS(=O)(=O)N2CCC(Nc3cccc(-c4sc(C=O)c(OCC=O)c4Cl)c3)CC2(C)C)ccc1OCN1CC2OC1CC2c1ccc2c3c(cccc13)C(=O)N2. The van der Waals surface area contributed by atoms with E-state index >= 15 is 0 Å². The first kappa shape index (κ1) is 41.2. The second kappa shape index (κ2) is 16.3. The number of fused-ring (bicyclic) bond motifs is 2. The van der Waals surface area contributed by atoms with E-state index in [4.69, 9.17) is 25.8 Å². The van der Waals surface area contributed by atoms with Crippen molar-refractivity contribution in [1.29, 1.82) is 0 Å². The second-order valence-corrected chi connectivity index (χ2v) is 19.8. The van der Waals surface area contributed by atoms with Gasteiger partial charge in [-0.1, -0.05) is 48.0 Å². The van der Waals surface area contributed by atoms with Crippen LogP contribution in [0.1, 0.15) is 70.2 Å². The van der Waals surface area contributed by atoms with Crippen LogP contribution in [0.4, 0.5) is 17.1 Å². The van der Waals surface area contributed by atoms with Crippen molar-refractivity contribution in [3.63, 3.8) is 0 Å². The van der Waals surface area contributed by atoms with Crippen molar-refractivity contribution in [3.05, 3.63) is 99.4 Å². The average molecular weight is 882 g/mol. The Bertz CT molecular complexity index is 2700. The summed E-state index contributed by atoms with van der Waals surface area (Å²) in [5.74, 6) is 0.628. The van der Waals surface area contributed by atoms with Gasteiger partial charge in [-0.05, 0) is 98.3 Å². The van der Waals surface area contributed by atoms with Crippen molar-refractivity contribution in [2.24, 2.45) is 4.99 Å². The van der Waals surface area contributed by atoms with Crippen molar-refractivity contribution in [1.82, 2.24) is 9.21 Å². The molecule has 5 heterocycles. The lowest BCUT2D eigenvalue weighted by Gasteiger charge is -2.45. The number of carbonyl (C=O) groups is 3. The zero-order valence-electron chi connectivity index (χ0n) is 33.6. The van der Waals surface area contributed by atoms with E-state index in [0.717, 1.165) is 34.1 Å². The van der Waals surface area contributed by atoms with Crippen LogP contribution in [0.2, 0.25) is 5.02 Å². The molecule has 13 nitrogen and oxygen atoms in total. The summed E-state index contributed by atoms with van der Waals surface area (Å²) in [7, 11) is -3.73. The molecule has 1 amide bonds. The molecule has 5 aromatic rings. The van der Waals surface area contributed by atoms with Crippen LogP contribution >= 0.6 is 22.9 Å². The van der Waals surface area contributed by atoms with Crippen molar-refractivity contribution in [3.8, 4) is 21.9 Å². The van der Waals surface area contributed by atoms with E-state index in [1.54, 1.807) is 22.5 Å². The quantitative estimate of drug-likeness (QED) is 0.0776. The summed E-state index contributed by atoms with van der Waals surface area (Å²) in [6, 6.07) is 22.8. The molecule has 3 fully saturated rings. The molecule has 3 saturated heterocycles. The van der Waals surface area contributed by atoms with E-state index in [-0.39, 0.29) is 60.1 Å². The van der Waals surface area contributed by atoms with Crippen molar-refractivity contribution >= 4 is 86.0 Å². The highest BCUT2D eigenvalue weighted by Crippen LogP contribution is 2.48. The van der Waals surface area contributed by atoms with Crippen LogP contribution in [0.5, 0.6) is 11.5 Å². The van der Waals surface area contributed by atoms with Gasteiger partial charge in [-0.3, -0.25) is 19.4 Å². The maximum atomic E-state index is 14.0. The fraction of sp³-hybridized carbons (Fsp3) is 0.333. The molecule has 0 saturated carbocycles. The molecule has 2 bridgehead atoms. The molecule has 0 spiro atoms. The summed E-state index contributed by atoms with van der Waals surface area (Å²) >= 11 is 7.78. The molecule has 2 N–H and O–H groups in total.